The minimum atomic E-state index is -3.63. The van der Waals surface area contributed by atoms with Crippen LogP contribution in [0.5, 0.6) is 0 Å². The molecule has 174 valence electrons. The van der Waals surface area contributed by atoms with Crippen LogP contribution in [0.25, 0.3) is 11.1 Å². The third-order valence-corrected chi connectivity index (χ3v) is 7.95. The largest absolute Gasteiger partial charge is 0.321 e. The lowest BCUT2D eigenvalue weighted by Gasteiger charge is -2.20. The van der Waals surface area contributed by atoms with Gasteiger partial charge in [-0.3, -0.25) is 4.79 Å². The molecule has 0 amide bonds. The quantitative estimate of drug-likeness (QED) is 0.477. The van der Waals surface area contributed by atoms with Gasteiger partial charge < -0.3 is 4.57 Å². The summed E-state index contributed by atoms with van der Waals surface area (Å²) in [5.74, 6) is 0.786. The number of sulfonamides is 1. The van der Waals surface area contributed by atoms with Crippen molar-refractivity contribution < 1.29 is 13.2 Å². The summed E-state index contributed by atoms with van der Waals surface area (Å²) in [5, 5.41) is 0. The molecule has 3 rings (SSSR count). The van der Waals surface area contributed by atoms with Crippen LogP contribution in [0.4, 0.5) is 0 Å². The predicted octanol–water partition coefficient (Wildman–Crippen LogP) is 5.50. The molecule has 8 heteroatoms. The average Bonchev–Trinajstić information content (AvgIpc) is 3.22. The highest BCUT2D eigenvalue weighted by Gasteiger charge is 2.27. The maximum atomic E-state index is 12.9. The molecule has 1 N–H and O–H groups in total. The lowest BCUT2D eigenvalue weighted by molar-refractivity contribution is 0.111. The molecule has 0 saturated carbocycles. The van der Waals surface area contributed by atoms with Crippen molar-refractivity contribution in [2.75, 3.05) is 0 Å². The zero-order valence-corrected chi connectivity index (χ0v) is 21.7. The number of nitrogens with one attached hydrogen (secondary N) is 1. The highest BCUT2D eigenvalue weighted by molar-refractivity contribution is 7.91. The summed E-state index contributed by atoms with van der Waals surface area (Å²) in [7, 11) is -3.63. The Morgan fingerprint density at radius 2 is 1.69 bits per heavy atom. The van der Waals surface area contributed by atoms with E-state index < -0.39 is 15.6 Å². The van der Waals surface area contributed by atoms with Gasteiger partial charge in [0.25, 0.3) is 10.0 Å². The van der Waals surface area contributed by atoms with Gasteiger partial charge in [-0.25, -0.2) is 18.1 Å². The molecule has 0 bridgehead atoms. The molecule has 0 radical (unpaired) electrons. The van der Waals surface area contributed by atoms with Gasteiger partial charge >= 0.3 is 0 Å². The van der Waals surface area contributed by atoms with Gasteiger partial charge in [0, 0.05) is 22.5 Å². The second-order valence-corrected chi connectivity index (χ2v) is 11.6. The summed E-state index contributed by atoms with van der Waals surface area (Å²) in [6.07, 6.45) is 0.831. The molecule has 0 saturated heterocycles. The van der Waals surface area contributed by atoms with E-state index in [1.807, 2.05) is 90.3 Å². The van der Waals surface area contributed by atoms with E-state index in [0.717, 1.165) is 28.1 Å². The Balaban J connectivity index is 0.00000176. The topological polar surface area (TPSA) is 81.1 Å². The van der Waals surface area contributed by atoms with E-state index in [1.165, 1.54) is 11.3 Å². The SMILES string of the molecule is CC.Cc1cc(-c2ccc(Cn3c(C)nc(C)c3C=O)cc2)c(S(=O)(=O)NC(C)(C)C)s1. The number of aryl methyl sites for hydroxylation is 3. The fourth-order valence-electron chi connectivity index (χ4n) is 3.39. The lowest BCUT2D eigenvalue weighted by atomic mass is 10.1. The first-order valence-electron chi connectivity index (χ1n) is 10.6. The number of aldehydes is 1. The second kappa shape index (κ2) is 10.1. The zero-order valence-electron chi connectivity index (χ0n) is 20.1. The molecule has 0 aliphatic rings. The number of carbonyl (C=O) groups excluding carboxylic acids is 1. The Morgan fingerprint density at radius 1 is 1.09 bits per heavy atom. The molecular formula is C24H33N3O3S2. The summed E-state index contributed by atoms with van der Waals surface area (Å²) in [6.45, 7) is 15.6. The molecule has 3 aromatic rings. The Bertz CT molecular complexity index is 1180. The standard InChI is InChI=1S/C22H27N3O3S2.C2H6/c1-14-11-19(21(29-14)30(27,28)24-22(4,5)6)18-9-7-17(8-10-18)12-25-16(3)23-15(2)20(25)13-26;1-2/h7-11,13,24H,12H2,1-6H3;1-2H3. The molecule has 2 aromatic heterocycles. The van der Waals surface area contributed by atoms with Crippen LogP contribution in [0.3, 0.4) is 0 Å². The third kappa shape index (κ3) is 5.94. The fourth-order valence-corrected chi connectivity index (χ4v) is 6.47. The Hall–Kier alpha value is -2.29. The van der Waals surface area contributed by atoms with Crippen molar-refractivity contribution in [3.05, 3.63) is 58.0 Å². The summed E-state index contributed by atoms with van der Waals surface area (Å²) in [4.78, 5) is 16.7. The van der Waals surface area contributed by atoms with Crippen molar-refractivity contribution in [1.29, 1.82) is 0 Å². The summed E-state index contributed by atoms with van der Waals surface area (Å²) < 4.78 is 30.8. The van der Waals surface area contributed by atoms with Crippen LogP contribution in [0.15, 0.2) is 34.5 Å². The molecule has 32 heavy (non-hydrogen) atoms. The van der Waals surface area contributed by atoms with Crippen LogP contribution in [-0.4, -0.2) is 29.8 Å². The van der Waals surface area contributed by atoms with E-state index in [9.17, 15) is 13.2 Å². The van der Waals surface area contributed by atoms with Crippen LogP contribution in [-0.2, 0) is 16.6 Å². The van der Waals surface area contributed by atoms with Gasteiger partial charge in [0.1, 0.15) is 15.7 Å². The van der Waals surface area contributed by atoms with Crippen molar-refractivity contribution in [2.45, 2.75) is 71.7 Å². The molecule has 0 unspecified atom stereocenters. The van der Waals surface area contributed by atoms with Gasteiger partial charge in [-0.05, 0) is 58.7 Å². The monoisotopic (exact) mass is 475 g/mol. The zero-order chi connectivity index (χ0) is 24.3. The average molecular weight is 476 g/mol. The molecule has 2 heterocycles. The van der Waals surface area contributed by atoms with Gasteiger partial charge in [-0.1, -0.05) is 38.1 Å². The molecule has 0 aliphatic carbocycles. The molecule has 0 spiro atoms. The maximum Gasteiger partial charge on any atom is 0.251 e. The Labute approximate surface area is 195 Å². The number of rotatable bonds is 6. The minimum absolute atomic E-state index is 0.326. The number of hydrogen-bond donors (Lipinski definition) is 1. The van der Waals surface area contributed by atoms with Crippen LogP contribution < -0.4 is 4.72 Å². The van der Waals surface area contributed by atoms with Crippen molar-refractivity contribution in [2.24, 2.45) is 0 Å². The lowest BCUT2D eigenvalue weighted by Crippen LogP contribution is -2.40. The Morgan fingerprint density at radius 3 is 2.22 bits per heavy atom. The highest BCUT2D eigenvalue weighted by Crippen LogP contribution is 2.35. The van der Waals surface area contributed by atoms with Crippen LogP contribution in [0.1, 0.15) is 67.1 Å². The first-order chi connectivity index (χ1) is 14.9. The number of nitrogens with zero attached hydrogens (tertiary/aromatic N) is 2. The van der Waals surface area contributed by atoms with Gasteiger partial charge in [-0.2, -0.15) is 0 Å². The number of thiophene rings is 1. The summed E-state index contributed by atoms with van der Waals surface area (Å²) in [5.41, 5.74) is 3.28. The number of imidazole rings is 1. The summed E-state index contributed by atoms with van der Waals surface area (Å²) >= 11 is 1.27. The second-order valence-electron chi connectivity index (χ2n) is 8.44. The van der Waals surface area contributed by atoms with E-state index in [1.54, 1.807) is 0 Å². The first-order valence-corrected chi connectivity index (χ1v) is 12.9. The summed E-state index contributed by atoms with van der Waals surface area (Å²) in [6, 6.07) is 9.67. The van der Waals surface area contributed by atoms with E-state index in [-0.39, 0.29) is 0 Å². The molecule has 0 atom stereocenters. The normalized spacial score (nSPS) is 11.8. The van der Waals surface area contributed by atoms with Crippen molar-refractivity contribution in [1.82, 2.24) is 14.3 Å². The Kier molecular flexibility index (Phi) is 8.20. The van der Waals surface area contributed by atoms with Gasteiger partial charge in [0.2, 0.25) is 0 Å². The number of carbonyl (C=O) groups is 1. The first kappa shape index (κ1) is 26.0. The van der Waals surface area contributed by atoms with Crippen molar-refractivity contribution in [3.8, 4) is 11.1 Å². The fraction of sp³-hybridized carbons (Fsp3) is 0.417. The highest BCUT2D eigenvalue weighted by atomic mass is 32.2. The van der Waals surface area contributed by atoms with Crippen LogP contribution in [0.2, 0.25) is 0 Å². The van der Waals surface area contributed by atoms with Crippen LogP contribution >= 0.6 is 11.3 Å². The van der Waals surface area contributed by atoms with Gasteiger partial charge in [-0.15, -0.1) is 11.3 Å². The predicted molar refractivity (Wildman–Crippen MR) is 132 cm³/mol. The van der Waals surface area contributed by atoms with E-state index in [0.29, 0.717) is 27.7 Å². The van der Waals surface area contributed by atoms with Gasteiger partial charge in [0.05, 0.1) is 5.69 Å². The molecule has 6 nitrogen and oxygen atoms in total. The van der Waals surface area contributed by atoms with Crippen LogP contribution in [0, 0.1) is 20.8 Å². The van der Waals surface area contributed by atoms with Crippen molar-refractivity contribution >= 4 is 27.6 Å². The molecule has 0 aliphatic heterocycles. The molecule has 0 fully saturated rings. The maximum absolute atomic E-state index is 12.9. The third-order valence-electron chi connectivity index (χ3n) is 4.60. The minimum Gasteiger partial charge on any atom is -0.321 e. The molecular weight excluding hydrogens is 442 g/mol. The van der Waals surface area contributed by atoms with Gasteiger partial charge in [0.15, 0.2) is 6.29 Å². The number of aromatic nitrogens is 2. The molecule has 1 aromatic carbocycles. The number of hydrogen-bond acceptors (Lipinski definition) is 5. The van der Waals surface area contributed by atoms with Crippen molar-refractivity contribution in [3.63, 3.8) is 0 Å². The number of benzene rings is 1. The van der Waals surface area contributed by atoms with E-state index in [2.05, 4.69) is 9.71 Å². The van der Waals surface area contributed by atoms with E-state index in [4.69, 9.17) is 0 Å². The van der Waals surface area contributed by atoms with E-state index >= 15 is 0 Å². The smallest absolute Gasteiger partial charge is 0.251 e.